The van der Waals surface area contributed by atoms with Crippen LogP contribution in [-0.2, 0) is 6.42 Å². The number of unbranched alkanes of at least 4 members (excludes halogenated alkanes) is 7. The largest absolute Gasteiger partial charge is 0.330 e. The van der Waals surface area contributed by atoms with Gasteiger partial charge in [0.15, 0.2) is 0 Å². The van der Waals surface area contributed by atoms with Crippen LogP contribution >= 0.6 is 11.3 Å². The van der Waals surface area contributed by atoms with E-state index in [1.165, 1.54) is 57.8 Å². The molecule has 92 valence electrons. The zero-order valence-corrected chi connectivity index (χ0v) is 11.1. The third-order valence-electron chi connectivity index (χ3n) is 2.96. The summed E-state index contributed by atoms with van der Waals surface area (Å²) in [4.78, 5) is 1.54. The van der Waals surface area contributed by atoms with Gasteiger partial charge in [0.05, 0.1) is 0 Å². The molecule has 1 heterocycles. The summed E-state index contributed by atoms with van der Waals surface area (Å²) in [6.45, 7) is 0.862. The molecule has 1 nitrogen and oxygen atoms in total. The van der Waals surface area contributed by atoms with Crippen molar-refractivity contribution in [3.8, 4) is 0 Å². The molecule has 0 aliphatic heterocycles. The SMILES string of the molecule is NCCCCCCCCCCc1cccs1. The lowest BCUT2D eigenvalue weighted by atomic mass is 10.1. The lowest BCUT2D eigenvalue weighted by molar-refractivity contribution is 0.570. The Balaban J connectivity index is 1.78. The van der Waals surface area contributed by atoms with E-state index in [1.54, 1.807) is 4.88 Å². The van der Waals surface area contributed by atoms with Crippen molar-refractivity contribution in [3.05, 3.63) is 22.4 Å². The highest BCUT2D eigenvalue weighted by atomic mass is 32.1. The van der Waals surface area contributed by atoms with Crippen LogP contribution in [0.2, 0.25) is 0 Å². The maximum atomic E-state index is 5.46. The first kappa shape index (κ1) is 13.7. The van der Waals surface area contributed by atoms with Crippen molar-refractivity contribution in [1.29, 1.82) is 0 Å². The topological polar surface area (TPSA) is 26.0 Å². The second-order valence-corrected chi connectivity index (χ2v) is 5.48. The number of thiophene rings is 1. The molecule has 0 saturated heterocycles. The molecule has 0 saturated carbocycles. The van der Waals surface area contributed by atoms with Gasteiger partial charge in [0.25, 0.3) is 0 Å². The van der Waals surface area contributed by atoms with E-state index < -0.39 is 0 Å². The van der Waals surface area contributed by atoms with E-state index in [9.17, 15) is 0 Å². The third-order valence-corrected chi connectivity index (χ3v) is 3.89. The summed E-state index contributed by atoms with van der Waals surface area (Å²) in [7, 11) is 0. The molecular weight excluding hydrogens is 214 g/mol. The van der Waals surface area contributed by atoms with Crippen LogP contribution in [0.1, 0.15) is 56.2 Å². The molecular formula is C14H25NS. The highest BCUT2D eigenvalue weighted by Crippen LogP contribution is 2.14. The second-order valence-electron chi connectivity index (χ2n) is 4.45. The predicted molar refractivity (Wildman–Crippen MR) is 74.0 cm³/mol. The van der Waals surface area contributed by atoms with Gasteiger partial charge in [-0.15, -0.1) is 11.3 Å². The summed E-state index contributed by atoms with van der Waals surface area (Å²) in [5.74, 6) is 0. The van der Waals surface area contributed by atoms with Gasteiger partial charge >= 0.3 is 0 Å². The molecule has 2 N–H and O–H groups in total. The second kappa shape index (κ2) is 9.86. The summed E-state index contributed by atoms with van der Waals surface area (Å²) in [5, 5.41) is 2.17. The first-order valence-electron chi connectivity index (χ1n) is 6.66. The van der Waals surface area contributed by atoms with Crippen LogP contribution in [0.3, 0.4) is 0 Å². The van der Waals surface area contributed by atoms with E-state index in [-0.39, 0.29) is 0 Å². The lowest BCUT2D eigenvalue weighted by Crippen LogP contribution is -1.97. The van der Waals surface area contributed by atoms with Gasteiger partial charge in [-0.3, -0.25) is 0 Å². The minimum absolute atomic E-state index is 0.862. The molecule has 16 heavy (non-hydrogen) atoms. The van der Waals surface area contributed by atoms with Crippen molar-refractivity contribution in [2.45, 2.75) is 57.8 Å². The maximum Gasteiger partial charge on any atom is 0.00452 e. The Morgan fingerprint density at radius 3 is 2.06 bits per heavy atom. The van der Waals surface area contributed by atoms with Gasteiger partial charge in [-0.2, -0.15) is 0 Å². The smallest absolute Gasteiger partial charge is 0.00452 e. The van der Waals surface area contributed by atoms with Gasteiger partial charge in [0.1, 0.15) is 0 Å². The van der Waals surface area contributed by atoms with E-state index in [0.717, 1.165) is 6.54 Å². The molecule has 0 bridgehead atoms. The summed E-state index contributed by atoms with van der Waals surface area (Å²) >= 11 is 1.89. The normalized spacial score (nSPS) is 10.8. The number of hydrogen-bond donors (Lipinski definition) is 1. The quantitative estimate of drug-likeness (QED) is 0.603. The van der Waals surface area contributed by atoms with Gasteiger partial charge in [0, 0.05) is 4.88 Å². The minimum atomic E-state index is 0.862. The Hall–Kier alpha value is -0.340. The Morgan fingerprint density at radius 2 is 1.50 bits per heavy atom. The molecule has 2 heteroatoms. The van der Waals surface area contributed by atoms with Crippen molar-refractivity contribution in [2.75, 3.05) is 6.54 Å². The molecule has 0 amide bonds. The Labute approximate surface area is 104 Å². The zero-order chi connectivity index (χ0) is 11.5. The van der Waals surface area contributed by atoms with Gasteiger partial charge in [-0.05, 0) is 37.3 Å². The van der Waals surface area contributed by atoms with Crippen molar-refractivity contribution in [2.24, 2.45) is 5.73 Å². The summed E-state index contributed by atoms with van der Waals surface area (Å²) in [5.41, 5.74) is 5.46. The number of hydrogen-bond acceptors (Lipinski definition) is 2. The van der Waals surface area contributed by atoms with Crippen molar-refractivity contribution < 1.29 is 0 Å². The van der Waals surface area contributed by atoms with E-state index >= 15 is 0 Å². The summed E-state index contributed by atoms with van der Waals surface area (Å²) in [6.07, 6.45) is 12.2. The van der Waals surface area contributed by atoms with Gasteiger partial charge in [-0.1, -0.05) is 44.6 Å². The van der Waals surface area contributed by atoms with Crippen LogP contribution < -0.4 is 5.73 Å². The fraction of sp³-hybridized carbons (Fsp3) is 0.714. The standard InChI is InChI=1S/C14H25NS/c15-12-8-6-4-2-1-3-5-7-10-14-11-9-13-16-14/h9,11,13H,1-8,10,12,15H2. The molecule has 0 aliphatic carbocycles. The summed E-state index contributed by atoms with van der Waals surface area (Å²) in [6, 6.07) is 4.40. The van der Waals surface area contributed by atoms with Gasteiger partial charge in [0.2, 0.25) is 0 Å². The fourth-order valence-electron chi connectivity index (χ4n) is 1.96. The minimum Gasteiger partial charge on any atom is -0.330 e. The summed E-state index contributed by atoms with van der Waals surface area (Å²) < 4.78 is 0. The van der Waals surface area contributed by atoms with Crippen LogP contribution in [0.25, 0.3) is 0 Å². The van der Waals surface area contributed by atoms with Crippen molar-refractivity contribution in [3.63, 3.8) is 0 Å². The van der Waals surface area contributed by atoms with Gasteiger partial charge in [-0.25, -0.2) is 0 Å². The highest BCUT2D eigenvalue weighted by molar-refractivity contribution is 7.09. The third kappa shape index (κ3) is 7.02. The molecule has 0 unspecified atom stereocenters. The number of rotatable bonds is 10. The van der Waals surface area contributed by atoms with E-state index in [2.05, 4.69) is 17.5 Å². The first-order valence-corrected chi connectivity index (χ1v) is 7.54. The first-order chi connectivity index (χ1) is 7.93. The Bertz CT molecular complexity index is 231. The zero-order valence-electron chi connectivity index (χ0n) is 10.3. The number of nitrogens with two attached hydrogens (primary N) is 1. The molecule has 0 aromatic carbocycles. The molecule has 0 radical (unpaired) electrons. The maximum absolute atomic E-state index is 5.46. The molecule has 0 atom stereocenters. The average molecular weight is 239 g/mol. The fourth-order valence-corrected chi connectivity index (χ4v) is 2.71. The molecule has 0 fully saturated rings. The van der Waals surface area contributed by atoms with Crippen molar-refractivity contribution in [1.82, 2.24) is 0 Å². The van der Waals surface area contributed by atoms with Gasteiger partial charge < -0.3 is 5.73 Å². The molecule has 0 aliphatic rings. The highest BCUT2D eigenvalue weighted by Gasteiger charge is 1.94. The van der Waals surface area contributed by atoms with E-state index in [0.29, 0.717) is 0 Å². The van der Waals surface area contributed by atoms with Crippen LogP contribution in [0, 0.1) is 0 Å². The molecule has 1 rings (SSSR count). The van der Waals surface area contributed by atoms with Crippen LogP contribution in [0.5, 0.6) is 0 Å². The van der Waals surface area contributed by atoms with Crippen LogP contribution in [0.4, 0.5) is 0 Å². The molecule has 1 aromatic rings. The van der Waals surface area contributed by atoms with Crippen molar-refractivity contribution >= 4 is 11.3 Å². The van der Waals surface area contributed by atoms with E-state index in [4.69, 9.17) is 5.73 Å². The number of aryl methyl sites for hydroxylation is 1. The predicted octanol–water partition coefficient (Wildman–Crippen LogP) is 4.37. The Morgan fingerprint density at radius 1 is 0.875 bits per heavy atom. The lowest BCUT2D eigenvalue weighted by Gasteiger charge is -2.01. The van der Waals surface area contributed by atoms with Crippen LogP contribution in [-0.4, -0.2) is 6.54 Å². The molecule has 1 aromatic heterocycles. The van der Waals surface area contributed by atoms with Crippen LogP contribution in [0.15, 0.2) is 17.5 Å². The monoisotopic (exact) mass is 239 g/mol. The average Bonchev–Trinajstić information content (AvgIpc) is 2.80. The Kier molecular flexibility index (Phi) is 8.45. The molecule has 0 spiro atoms. The van der Waals surface area contributed by atoms with E-state index in [1.807, 2.05) is 11.3 Å².